The smallest absolute Gasteiger partial charge is 0.337 e. The summed E-state index contributed by atoms with van der Waals surface area (Å²) in [5.74, 6) is -0.706. The average Bonchev–Trinajstić information content (AvgIpc) is 3.46. The fourth-order valence-corrected chi connectivity index (χ4v) is 4.47. The summed E-state index contributed by atoms with van der Waals surface area (Å²) in [5, 5.41) is 0.946. The third-order valence-corrected chi connectivity index (χ3v) is 6.12. The van der Waals surface area contributed by atoms with Crippen LogP contribution in [0.5, 0.6) is 0 Å². The van der Waals surface area contributed by atoms with Gasteiger partial charge in [0.2, 0.25) is 5.91 Å². The Morgan fingerprint density at radius 1 is 1.21 bits per heavy atom. The second-order valence-electron chi connectivity index (χ2n) is 7.81. The van der Waals surface area contributed by atoms with E-state index in [1.807, 2.05) is 23.1 Å². The van der Waals surface area contributed by atoms with Gasteiger partial charge in [-0.15, -0.1) is 0 Å². The number of rotatable bonds is 3. The van der Waals surface area contributed by atoms with Crippen LogP contribution in [0, 0.1) is 11.7 Å². The molecule has 1 fully saturated rings. The zero-order valence-corrected chi connectivity index (χ0v) is 16.1. The maximum Gasteiger partial charge on any atom is 0.337 e. The summed E-state index contributed by atoms with van der Waals surface area (Å²) in [4.78, 5) is 30.2. The predicted molar refractivity (Wildman–Crippen MR) is 106 cm³/mol. The van der Waals surface area contributed by atoms with Crippen LogP contribution in [0.1, 0.15) is 39.5 Å². The molecule has 29 heavy (non-hydrogen) atoms. The number of halogens is 1. The van der Waals surface area contributed by atoms with Crippen LogP contribution in [0.2, 0.25) is 0 Å². The third-order valence-electron chi connectivity index (χ3n) is 6.12. The Labute approximate surface area is 167 Å². The molecular weight excluding hydrogens is 371 g/mol. The van der Waals surface area contributed by atoms with E-state index in [4.69, 9.17) is 4.74 Å². The van der Waals surface area contributed by atoms with Gasteiger partial charge in [0.15, 0.2) is 0 Å². The van der Waals surface area contributed by atoms with Gasteiger partial charge in [-0.25, -0.2) is 9.18 Å². The van der Waals surface area contributed by atoms with Crippen molar-refractivity contribution < 1.29 is 18.7 Å². The lowest BCUT2D eigenvalue weighted by Crippen LogP contribution is -2.37. The quantitative estimate of drug-likeness (QED) is 0.690. The Balaban J connectivity index is 1.39. The van der Waals surface area contributed by atoms with Crippen molar-refractivity contribution in [2.24, 2.45) is 5.92 Å². The van der Waals surface area contributed by atoms with Gasteiger partial charge < -0.3 is 14.6 Å². The summed E-state index contributed by atoms with van der Waals surface area (Å²) < 4.78 is 18.9. The minimum Gasteiger partial charge on any atom is -0.465 e. The van der Waals surface area contributed by atoms with Crippen LogP contribution in [-0.4, -0.2) is 35.4 Å². The maximum atomic E-state index is 14.1. The molecule has 3 aromatic rings. The number of ether oxygens (including phenoxy) is 1. The van der Waals surface area contributed by atoms with E-state index in [-0.39, 0.29) is 29.5 Å². The molecular formula is C23H21FN2O3. The molecule has 0 spiro atoms. The second-order valence-corrected chi connectivity index (χ2v) is 7.81. The molecule has 2 atom stereocenters. The number of hydrogen-bond donors (Lipinski definition) is 1. The molecule has 2 aromatic carbocycles. The van der Waals surface area contributed by atoms with E-state index in [9.17, 15) is 14.0 Å². The number of H-pyrrole nitrogens is 1. The molecule has 5 rings (SSSR count). The summed E-state index contributed by atoms with van der Waals surface area (Å²) in [7, 11) is 1.36. The van der Waals surface area contributed by atoms with E-state index in [1.54, 1.807) is 18.2 Å². The highest BCUT2D eigenvalue weighted by molar-refractivity contribution is 5.96. The first-order valence-electron chi connectivity index (χ1n) is 9.82. The van der Waals surface area contributed by atoms with Gasteiger partial charge in [0.25, 0.3) is 0 Å². The number of fused-ring (bicyclic) bond motifs is 3. The van der Waals surface area contributed by atoms with Crippen LogP contribution in [0.15, 0.2) is 42.5 Å². The minimum absolute atomic E-state index is 0.0287. The summed E-state index contributed by atoms with van der Waals surface area (Å²) >= 11 is 0. The number of esters is 1. The van der Waals surface area contributed by atoms with Gasteiger partial charge >= 0.3 is 5.97 Å². The van der Waals surface area contributed by atoms with E-state index in [1.165, 1.54) is 13.2 Å². The average molecular weight is 392 g/mol. The van der Waals surface area contributed by atoms with Gasteiger partial charge in [-0.1, -0.05) is 18.2 Å². The van der Waals surface area contributed by atoms with E-state index >= 15 is 0 Å². The van der Waals surface area contributed by atoms with Crippen molar-refractivity contribution in [1.29, 1.82) is 0 Å². The molecule has 0 saturated heterocycles. The van der Waals surface area contributed by atoms with Crippen molar-refractivity contribution >= 4 is 22.8 Å². The number of carbonyl (C=O) groups is 2. The van der Waals surface area contributed by atoms with Gasteiger partial charge in [-0.05, 0) is 42.2 Å². The van der Waals surface area contributed by atoms with E-state index < -0.39 is 0 Å². The molecule has 2 aliphatic rings. The number of hydrogen-bond acceptors (Lipinski definition) is 3. The summed E-state index contributed by atoms with van der Waals surface area (Å²) in [6.07, 6.45) is 1.43. The Hall–Kier alpha value is -3.15. The molecule has 1 amide bonds. The zero-order chi connectivity index (χ0) is 20.1. The molecule has 1 aliphatic carbocycles. The zero-order valence-electron chi connectivity index (χ0n) is 16.1. The van der Waals surface area contributed by atoms with Crippen LogP contribution in [0.25, 0.3) is 10.9 Å². The number of aromatic nitrogens is 1. The van der Waals surface area contributed by atoms with Crippen molar-refractivity contribution in [3.05, 3.63) is 70.7 Å². The normalized spacial score (nSPS) is 20.4. The fraction of sp³-hybridized carbons (Fsp3) is 0.304. The van der Waals surface area contributed by atoms with E-state index in [0.717, 1.165) is 28.6 Å². The molecule has 5 nitrogen and oxygen atoms in total. The summed E-state index contributed by atoms with van der Waals surface area (Å²) in [6.45, 7) is 1.14. The first-order chi connectivity index (χ1) is 14.1. The van der Waals surface area contributed by atoms with Crippen LogP contribution >= 0.6 is 0 Å². The van der Waals surface area contributed by atoms with Gasteiger partial charge in [0.1, 0.15) is 5.82 Å². The monoisotopic (exact) mass is 392 g/mol. The molecule has 148 valence electrons. The molecule has 0 radical (unpaired) electrons. The fourth-order valence-electron chi connectivity index (χ4n) is 4.47. The lowest BCUT2D eigenvalue weighted by atomic mass is 10.0. The molecule has 2 unspecified atom stereocenters. The Kier molecular flexibility index (Phi) is 4.15. The Morgan fingerprint density at radius 3 is 2.83 bits per heavy atom. The highest BCUT2D eigenvalue weighted by atomic mass is 19.1. The molecule has 1 saturated carbocycles. The second kappa shape index (κ2) is 6.72. The van der Waals surface area contributed by atoms with Gasteiger partial charge in [-0.2, -0.15) is 0 Å². The van der Waals surface area contributed by atoms with Crippen LogP contribution in [0.4, 0.5) is 4.39 Å². The lowest BCUT2D eigenvalue weighted by Gasteiger charge is -2.27. The molecule has 1 aliphatic heterocycles. The number of carbonyl (C=O) groups excluding carboxylic acids is 2. The number of nitrogens with zero attached hydrogens (tertiary/aromatic N) is 1. The van der Waals surface area contributed by atoms with Gasteiger partial charge in [0.05, 0.1) is 12.7 Å². The van der Waals surface area contributed by atoms with Gasteiger partial charge in [-0.3, -0.25) is 4.79 Å². The Morgan fingerprint density at radius 2 is 2.03 bits per heavy atom. The van der Waals surface area contributed by atoms with E-state index in [2.05, 4.69) is 4.98 Å². The number of benzene rings is 2. The minimum atomic E-state index is -0.378. The SMILES string of the molecule is COC(=O)c1ccc2[nH]c3c(c2c1)CN(C(=O)C1CC1c1ccccc1F)CC3. The van der Waals surface area contributed by atoms with Crippen molar-refractivity contribution in [3.63, 3.8) is 0 Å². The number of amides is 1. The number of nitrogens with one attached hydrogen (secondary N) is 1. The summed E-state index contributed by atoms with van der Waals surface area (Å²) in [6, 6.07) is 12.1. The number of aromatic amines is 1. The van der Waals surface area contributed by atoms with Crippen molar-refractivity contribution in [1.82, 2.24) is 9.88 Å². The molecule has 6 heteroatoms. The summed E-state index contributed by atoms with van der Waals surface area (Å²) in [5.41, 5.74) is 4.24. The first-order valence-corrected chi connectivity index (χ1v) is 9.82. The predicted octanol–water partition coefficient (Wildman–Crippen LogP) is 3.78. The molecule has 2 heterocycles. The number of methoxy groups -OCH3 is 1. The van der Waals surface area contributed by atoms with E-state index in [0.29, 0.717) is 30.6 Å². The largest absolute Gasteiger partial charge is 0.465 e. The van der Waals surface area contributed by atoms with Crippen LogP contribution < -0.4 is 0 Å². The Bertz CT molecular complexity index is 1140. The van der Waals surface area contributed by atoms with Crippen LogP contribution in [-0.2, 0) is 22.5 Å². The third kappa shape index (κ3) is 2.99. The molecule has 1 N–H and O–H groups in total. The maximum absolute atomic E-state index is 14.1. The lowest BCUT2D eigenvalue weighted by molar-refractivity contribution is -0.133. The first kappa shape index (κ1) is 17.9. The van der Waals surface area contributed by atoms with Crippen LogP contribution in [0.3, 0.4) is 0 Å². The van der Waals surface area contributed by atoms with Crippen molar-refractivity contribution in [3.8, 4) is 0 Å². The topological polar surface area (TPSA) is 62.4 Å². The molecule has 1 aromatic heterocycles. The highest BCUT2D eigenvalue weighted by Crippen LogP contribution is 2.49. The molecule has 0 bridgehead atoms. The van der Waals surface area contributed by atoms with Crippen molar-refractivity contribution in [2.75, 3.05) is 13.7 Å². The standard InChI is InChI=1S/C23H21FN2O3/c1-29-23(28)13-6-7-20-16(10-13)18-12-26(9-8-21(18)25-20)22(27)17-11-15(17)14-4-2-3-5-19(14)24/h2-7,10,15,17,25H,8-9,11-12H2,1H3. The van der Waals surface area contributed by atoms with Gasteiger partial charge in [0, 0.05) is 47.6 Å². The van der Waals surface area contributed by atoms with Crippen molar-refractivity contribution in [2.45, 2.75) is 25.3 Å². The highest BCUT2D eigenvalue weighted by Gasteiger charge is 2.47.